The van der Waals surface area contributed by atoms with Gasteiger partial charge in [-0.2, -0.15) is 0 Å². The Balaban J connectivity index is 1.72. The van der Waals surface area contributed by atoms with Gasteiger partial charge < -0.3 is 10.1 Å². The molecule has 0 saturated carbocycles. The lowest BCUT2D eigenvalue weighted by molar-refractivity contribution is -0.0627. The Bertz CT molecular complexity index is 337. The van der Waals surface area contributed by atoms with Crippen molar-refractivity contribution in [1.29, 1.82) is 0 Å². The maximum Gasteiger partial charge on any atom is 0.0641 e. The van der Waals surface area contributed by atoms with Crippen LogP contribution in [-0.2, 0) is 11.2 Å². The fourth-order valence-corrected chi connectivity index (χ4v) is 2.36. The monoisotopic (exact) mass is 234 g/mol. The minimum Gasteiger partial charge on any atom is -0.375 e. The first-order valence-corrected chi connectivity index (χ1v) is 6.43. The summed E-state index contributed by atoms with van der Waals surface area (Å²) < 4.78 is 5.71. The molecule has 3 heteroatoms. The summed E-state index contributed by atoms with van der Waals surface area (Å²) in [5, 5.41) is 3.61. The van der Waals surface area contributed by atoms with Crippen LogP contribution < -0.4 is 5.32 Å². The molecule has 0 radical (unpaired) electrons. The summed E-state index contributed by atoms with van der Waals surface area (Å²) in [5.74, 6) is 0. The number of nitrogens with one attached hydrogen (secondary N) is 1. The number of ether oxygens (including phenoxy) is 1. The van der Waals surface area contributed by atoms with Crippen molar-refractivity contribution in [2.24, 2.45) is 0 Å². The molecule has 0 aliphatic carbocycles. The molecule has 3 nitrogen and oxygen atoms in total. The van der Waals surface area contributed by atoms with Crippen LogP contribution in [0.3, 0.4) is 0 Å². The Morgan fingerprint density at radius 1 is 1.47 bits per heavy atom. The number of hydrogen-bond acceptors (Lipinski definition) is 3. The highest BCUT2D eigenvalue weighted by Crippen LogP contribution is 2.23. The maximum atomic E-state index is 5.71. The van der Waals surface area contributed by atoms with E-state index in [1.165, 1.54) is 0 Å². The number of hydrogen-bond donors (Lipinski definition) is 1. The number of rotatable bonds is 4. The van der Waals surface area contributed by atoms with E-state index in [9.17, 15) is 0 Å². The highest BCUT2D eigenvalue weighted by atomic mass is 16.5. The summed E-state index contributed by atoms with van der Waals surface area (Å²) in [5.41, 5.74) is 1.19. The van der Waals surface area contributed by atoms with E-state index in [0.29, 0.717) is 6.04 Å². The van der Waals surface area contributed by atoms with Gasteiger partial charge in [0.1, 0.15) is 0 Å². The summed E-state index contributed by atoms with van der Waals surface area (Å²) in [6.45, 7) is 6.20. The van der Waals surface area contributed by atoms with Crippen LogP contribution in [0.25, 0.3) is 0 Å². The van der Waals surface area contributed by atoms with Crippen molar-refractivity contribution in [2.75, 3.05) is 13.2 Å². The van der Waals surface area contributed by atoms with Crippen molar-refractivity contribution in [1.82, 2.24) is 10.3 Å². The molecule has 1 aromatic rings. The zero-order chi connectivity index (χ0) is 12.1. The topological polar surface area (TPSA) is 34.2 Å². The van der Waals surface area contributed by atoms with E-state index >= 15 is 0 Å². The first kappa shape index (κ1) is 12.5. The Hall–Kier alpha value is -0.930. The molecule has 0 amide bonds. The Labute approximate surface area is 104 Å². The summed E-state index contributed by atoms with van der Waals surface area (Å²) in [7, 11) is 0. The zero-order valence-corrected chi connectivity index (χ0v) is 10.8. The third-order valence-electron chi connectivity index (χ3n) is 3.24. The molecule has 0 spiro atoms. The molecule has 0 aromatic carbocycles. The fraction of sp³-hybridized carbons (Fsp3) is 0.643. The van der Waals surface area contributed by atoms with Gasteiger partial charge in [-0.05, 0) is 38.8 Å². The summed E-state index contributed by atoms with van der Waals surface area (Å²) in [4.78, 5) is 4.33. The van der Waals surface area contributed by atoms with Crippen molar-refractivity contribution in [3.8, 4) is 0 Å². The second-order valence-electron chi connectivity index (χ2n) is 5.32. The first-order chi connectivity index (χ1) is 8.16. The maximum absolute atomic E-state index is 5.71. The SMILES string of the molecule is CC1(C)CC(NCCc2ccccn2)CCO1. The molecule has 2 rings (SSSR count). The van der Waals surface area contributed by atoms with Crippen LogP contribution >= 0.6 is 0 Å². The molecule has 0 bridgehead atoms. The van der Waals surface area contributed by atoms with E-state index in [1.54, 1.807) is 0 Å². The number of pyridine rings is 1. The first-order valence-electron chi connectivity index (χ1n) is 6.43. The third-order valence-corrected chi connectivity index (χ3v) is 3.24. The van der Waals surface area contributed by atoms with Gasteiger partial charge in [-0.1, -0.05) is 6.07 Å². The van der Waals surface area contributed by atoms with Gasteiger partial charge in [0.25, 0.3) is 0 Å². The molecule has 17 heavy (non-hydrogen) atoms. The summed E-state index contributed by atoms with van der Waals surface area (Å²) in [6, 6.07) is 6.66. The van der Waals surface area contributed by atoms with Gasteiger partial charge in [-0.25, -0.2) is 0 Å². The molecule has 1 aliphatic heterocycles. The molecule has 1 unspecified atom stereocenters. The van der Waals surface area contributed by atoms with Crippen molar-refractivity contribution in [2.45, 2.75) is 44.8 Å². The van der Waals surface area contributed by atoms with Gasteiger partial charge in [0, 0.05) is 37.5 Å². The molecule has 1 aromatic heterocycles. The lowest BCUT2D eigenvalue weighted by Crippen LogP contribution is -2.44. The van der Waals surface area contributed by atoms with E-state index in [4.69, 9.17) is 4.74 Å². The van der Waals surface area contributed by atoms with Gasteiger partial charge in [0.2, 0.25) is 0 Å². The fourth-order valence-electron chi connectivity index (χ4n) is 2.36. The lowest BCUT2D eigenvalue weighted by Gasteiger charge is -2.36. The van der Waals surface area contributed by atoms with Crippen molar-refractivity contribution in [3.05, 3.63) is 30.1 Å². The average Bonchev–Trinajstić information content (AvgIpc) is 2.29. The highest BCUT2D eigenvalue weighted by Gasteiger charge is 2.28. The van der Waals surface area contributed by atoms with Crippen LogP contribution in [0.5, 0.6) is 0 Å². The van der Waals surface area contributed by atoms with Gasteiger partial charge in [-0.3, -0.25) is 4.98 Å². The quantitative estimate of drug-likeness (QED) is 0.867. The van der Waals surface area contributed by atoms with Crippen LogP contribution in [0, 0.1) is 0 Å². The third kappa shape index (κ3) is 4.10. The summed E-state index contributed by atoms with van der Waals surface area (Å²) in [6.07, 6.45) is 5.06. The zero-order valence-electron chi connectivity index (χ0n) is 10.8. The molecule has 1 N–H and O–H groups in total. The Morgan fingerprint density at radius 3 is 3.06 bits per heavy atom. The van der Waals surface area contributed by atoms with E-state index < -0.39 is 0 Å². The second-order valence-corrected chi connectivity index (χ2v) is 5.32. The standard InChI is InChI=1S/C14H22N2O/c1-14(2)11-13(7-10-17-14)16-9-6-12-5-3-4-8-15-12/h3-5,8,13,16H,6-7,9-11H2,1-2H3. The van der Waals surface area contributed by atoms with Crippen LogP contribution in [-0.4, -0.2) is 29.8 Å². The van der Waals surface area contributed by atoms with Crippen molar-refractivity contribution >= 4 is 0 Å². The lowest BCUT2D eigenvalue weighted by atomic mass is 9.94. The Kier molecular flexibility index (Phi) is 4.13. The van der Waals surface area contributed by atoms with Crippen LogP contribution in [0.2, 0.25) is 0 Å². The normalized spacial score (nSPS) is 23.5. The smallest absolute Gasteiger partial charge is 0.0641 e. The van der Waals surface area contributed by atoms with Gasteiger partial charge in [-0.15, -0.1) is 0 Å². The van der Waals surface area contributed by atoms with Gasteiger partial charge >= 0.3 is 0 Å². The Morgan fingerprint density at radius 2 is 2.35 bits per heavy atom. The van der Waals surface area contributed by atoms with E-state index in [-0.39, 0.29) is 5.60 Å². The largest absolute Gasteiger partial charge is 0.375 e. The van der Waals surface area contributed by atoms with Crippen molar-refractivity contribution in [3.63, 3.8) is 0 Å². The molecule has 1 fully saturated rings. The average molecular weight is 234 g/mol. The van der Waals surface area contributed by atoms with Gasteiger partial charge in [0.15, 0.2) is 0 Å². The number of aromatic nitrogens is 1. The minimum absolute atomic E-state index is 0.0287. The van der Waals surface area contributed by atoms with E-state index in [0.717, 1.165) is 38.1 Å². The van der Waals surface area contributed by atoms with E-state index in [1.807, 2.05) is 18.3 Å². The molecule has 94 valence electrons. The van der Waals surface area contributed by atoms with Gasteiger partial charge in [0.05, 0.1) is 5.60 Å². The predicted molar refractivity (Wildman–Crippen MR) is 69.0 cm³/mol. The molecule has 1 saturated heterocycles. The predicted octanol–water partition coefficient (Wildman–Crippen LogP) is 2.17. The highest BCUT2D eigenvalue weighted by molar-refractivity contribution is 5.03. The van der Waals surface area contributed by atoms with E-state index in [2.05, 4.69) is 30.2 Å². The van der Waals surface area contributed by atoms with Crippen LogP contribution in [0.4, 0.5) is 0 Å². The summed E-state index contributed by atoms with van der Waals surface area (Å²) >= 11 is 0. The number of nitrogens with zero attached hydrogens (tertiary/aromatic N) is 1. The minimum atomic E-state index is 0.0287. The molecular formula is C14H22N2O. The molecule has 2 heterocycles. The molecular weight excluding hydrogens is 212 g/mol. The van der Waals surface area contributed by atoms with Crippen LogP contribution in [0.1, 0.15) is 32.4 Å². The van der Waals surface area contributed by atoms with Crippen LogP contribution in [0.15, 0.2) is 24.4 Å². The molecule has 1 aliphatic rings. The van der Waals surface area contributed by atoms with Crippen molar-refractivity contribution < 1.29 is 4.74 Å². The second kappa shape index (κ2) is 5.61. The molecule has 1 atom stereocenters.